The molecule has 11 heavy (non-hydrogen) atoms. The quantitative estimate of drug-likeness (QED) is 0.558. The predicted octanol–water partition coefficient (Wildman–Crippen LogP) is 2.13. The summed E-state index contributed by atoms with van der Waals surface area (Å²) < 4.78 is 0. The van der Waals surface area contributed by atoms with Gasteiger partial charge in [0.2, 0.25) is 0 Å². The van der Waals surface area contributed by atoms with Crippen molar-refractivity contribution in [3.8, 4) is 0 Å². The van der Waals surface area contributed by atoms with Crippen LogP contribution in [0.5, 0.6) is 0 Å². The maximum absolute atomic E-state index is 2.66. The minimum Gasteiger partial charge on any atom is -0.300 e. The van der Waals surface area contributed by atoms with Crippen LogP contribution >= 0.6 is 0 Å². The van der Waals surface area contributed by atoms with Gasteiger partial charge in [0.15, 0.2) is 0 Å². The van der Waals surface area contributed by atoms with Crippen LogP contribution in [-0.4, -0.2) is 24.0 Å². The standard InChI is InChI=1S/C10H19N/c1-8(2)11-6-9-3-4-10(5-9)7-11/h8-10H,3-7H2,1-2H3/t9-,10+. The molecule has 2 atom stereocenters. The summed E-state index contributed by atoms with van der Waals surface area (Å²) in [5, 5.41) is 0. The number of rotatable bonds is 1. The lowest BCUT2D eigenvalue weighted by Gasteiger charge is -2.34. The van der Waals surface area contributed by atoms with Crippen LogP contribution in [-0.2, 0) is 0 Å². The van der Waals surface area contributed by atoms with Crippen LogP contribution in [0.2, 0.25) is 0 Å². The predicted molar refractivity (Wildman–Crippen MR) is 47.5 cm³/mol. The van der Waals surface area contributed by atoms with Crippen LogP contribution in [0.1, 0.15) is 33.1 Å². The number of hydrogen-bond donors (Lipinski definition) is 0. The van der Waals surface area contributed by atoms with Crippen molar-refractivity contribution in [3.05, 3.63) is 0 Å². The van der Waals surface area contributed by atoms with Crippen molar-refractivity contribution in [2.24, 2.45) is 11.8 Å². The summed E-state index contributed by atoms with van der Waals surface area (Å²) in [5.74, 6) is 2.10. The Morgan fingerprint density at radius 1 is 1.09 bits per heavy atom. The molecule has 1 aliphatic carbocycles. The molecule has 1 heterocycles. The van der Waals surface area contributed by atoms with Crippen LogP contribution in [0, 0.1) is 11.8 Å². The van der Waals surface area contributed by atoms with E-state index in [2.05, 4.69) is 18.7 Å². The fraction of sp³-hybridized carbons (Fsp3) is 1.00. The lowest BCUT2D eigenvalue weighted by molar-refractivity contribution is 0.133. The molecule has 2 fully saturated rings. The molecule has 0 aromatic rings. The molecule has 1 saturated carbocycles. The van der Waals surface area contributed by atoms with Crippen molar-refractivity contribution < 1.29 is 0 Å². The third kappa shape index (κ3) is 1.44. The Morgan fingerprint density at radius 3 is 2.09 bits per heavy atom. The van der Waals surface area contributed by atoms with Gasteiger partial charge in [-0.3, -0.25) is 0 Å². The van der Waals surface area contributed by atoms with Gasteiger partial charge in [0.1, 0.15) is 0 Å². The molecule has 0 spiro atoms. The Hall–Kier alpha value is -0.0400. The Bertz CT molecular complexity index is 130. The van der Waals surface area contributed by atoms with Crippen LogP contribution in [0.4, 0.5) is 0 Å². The van der Waals surface area contributed by atoms with Gasteiger partial charge in [-0.2, -0.15) is 0 Å². The van der Waals surface area contributed by atoms with Crippen molar-refractivity contribution in [1.82, 2.24) is 4.90 Å². The topological polar surface area (TPSA) is 3.24 Å². The molecular weight excluding hydrogens is 134 g/mol. The molecule has 1 aliphatic heterocycles. The fourth-order valence-electron chi connectivity index (χ4n) is 2.67. The smallest absolute Gasteiger partial charge is 0.00388 e. The first-order valence-electron chi connectivity index (χ1n) is 4.99. The summed E-state index contributed by atoms with van der Waals surface area (Å²) in [6.45, 7) is 7.41. The molecule has 0 aromatic carbocycles. The monoisotopic (exact) mass is 153 g/mol. The first-order valence-corrected chi connectivity index (χ1v) is 4.99. The highest BCUT2D eigenvalue weighted by Crippen LogP contribution is 2.36. The van der Waals surface area contributed by atoms with E-state index in [1.54, 1.807) is 0 Å². The van der Waals surface area contributed by atoms with Gasteiger partial charge in [-0.1, -0.05) is 0 Å². The molecule has 0 unspecified atom stereocenters. The zero-order valence-corrected chi connectivity index (χ0v) is 7.71. The van der Waals surface area contributed by atoms with Gasteiger partial charge in [0.05, 0.1) is 0 Å². The number of fused-ring (bicyclic) bond motifs is 2. The van der Waals surface area contributed by atoms with Crippen molar-refractivity contribution in [2.45, 2.75) is 39.2 Å². The minimum atomic E-state index is 0.776. The van der Waals surface area contributed by atoms with Gasteiger partial charge in [0, 0.05) is 19.1 Å². The summed E-state index contributed by atoms with van der Waals surface area (Å²) in [6, 6.07) is 0.776. The molecular formula is C10H19N. The first kappa shape index (κ1) is 7.60. The SMILES string of the molecule is CC(C)N1C[C@@H]2CC[C@@H](C2)C1. The number of piperidine rings is 1. The fourth-order valence-corrected chi connectivity index (χ4v) is 2.67. The van der Waals surface area contributed by atoms with E-state index in [0.29, 0.717) is 0 Å². The van der Waals surface area contributed by atoms with Gasteiger partial charge in [-0.15, -0.1) is 0 Å². The second-order valence-corrected chi connectivity index (χ2v) is 4.59. The summed E-state index contributed by atoms with van der Waals surface area (Å²) in [7, 11) is 0. The lowest BCUT2D eigenvalue weighted by Crippen LogP contribution is -2.40. The molecule has 2 rings (SSSR count). The zero-order valence-electron chi connectivity index (χ0n) is 7.71. The Labute approximate surface area is 69.8 Å². The zero-order chi connectivity index (χ0) is 7.84. The summed E-state index contributed by atoms with van der Waals surface area (Å²) in [5.41, 5.74) is 0. The van der Waals surface area contributed by atoms with E-state index in [1.807, 2.05) is 0 Å². The lowest BCUT2D eigenvalue weighted by atomic mass is 9.98. The third-order valence-corrected chi connectivity index (χ3v) is 3.37. The van der Waals surface area contributed by atoms with Gasteiger partial charge >= 0.3 is 0 Å². The highest BCUT2D eigenvalue weighted by molar-refractivity contribution is 4.86. The largest absolute Gasteiger partial charge is 0.300 e. The molecule has 2 bridgehead atoms. The third-order valence-electron chi connectivity index (χ3n) is 3.37. The molecule has 0 aromatic heterocycles. The van der Waals surface area contributed by atoms with Gasteiger partial charge in [0.25, 0.3) is 0 Å². The molecule has 1 heteroatoms. The van der Waals surface area contributed by atoms with E-state index in [-0.39, 0.29) is 0 Å². The average Bonchev–Trinajstić information content (AvgIpc) is 2.30. The number of nitrogens with zero attached hydrogens (tertiary/aromatic N) is 1. The van der Waals surface area contributed by atoms with Crippen molar-refractivity contribution in [3.63, 3.8) is 0 Å². The average molecular weight is 153 g/mol. The maximum Gasteiger partial charge on any atom is 0.00388 e. The Kier molecular flexibility index (Phi) is 1.92. The Morgan fingerprint density at radius 2 is 1.64 bits per heavy atom. The molecule has 0 radical (unpaired) electrons. The van der Waals surface area contributed by atoms with Crippen LogP contribution in [0.15, 0.2) is 0 Å². The summed E-state index contributed by atoms with van der Waals surface area (Å²) in [4.78, 5) is 2.66. The van der Waals surface area contributed by atoms with Crippen molar-refractivity contribution >= 4 is 0 Å². The minimum absolute atomic E-state index is 0.776. The van der Waals surface area contributed by atoms with E-state index in [1.165, 1.54) is 32.4 Å². The second kappa shape index (κ2) is 2.78. The highest BCUT2D eigenvalue weighted by atomic mass is 15.2. The van der Waals surface area contributed by atoms with E-state index >= 15 is 0 Å². The van der Waals surface area contributed by atoms with Gasteiger partial charge in [-0.05, 0) is 44.9 Å². The second-order valence-electron chi connectivity index (χ2n) is 4.59. The van der Waals surface area contributed by atoms with E-state index in [0.717, 1.165) is 17.9 Å². The first-order chi connectivity index (χ1) is 5.25. The number of hydrogen-bond acceptors (Lipinski definition) is 1. The molecule has 0 N–H and O–H groups in total. The van der Waals surface area contributed by atoms with Gasteiger partial charge in [-0.25, -0.2) is 0 Å². The molecule has 1 nitrogen and oxygen atoms in total. The maximum atomic E-state index is 2.66. The summed E-state index contributed by atoms with van der Waals surface area (Å²) >= 11 is 0. The Balaban J connectivity index is 1.97. The summed E-state index contributed by atoms with van der Waals surface area (Å²) in [6.07, 6.45) is 4.55. The molecule has 64 valence electrons. The molecule has 1 saturated heterocycles. The molecule has 2 aliphatic rings. The molecule has 0 amide bonds. The van der Waals surface area contributed by atoms with Crippen LogP contribution in [0.3, 0.4) is 0 Å². The van der Waals surface area contributed by atoms with Crippen molar-refractivity contribution in [2.75, 3.05) is 13.1 Å². The van der Waals surface area contributed by atoms with Crippen molar-refractivity contribution in [1.29, 1.82) is 0 Å². The van der Waals surface area contributed by atoms with E-state index in [4.69, 9.17) is 0 Å². The van der Waals surface area contributed by atoms with Crippen LogP contribution < -0.4 is 0 Å². The van der Waals surface area contributed by atoms with Gasteiger partial charge < -0.3 is 4.90 Å². The van der Waals surface area contributed by atoms with E-state index < -0.39 is 0 Å². The van der Waals surface area contributed by atoms with Crippen LogP contribution in [0.25, 0.3) is 0 Å². The number of likely N-dealkylation sites (tertiary alicyclic amines) is 1. The van der Waals surface area contributed by atoms with E-state index in [9.17, 15) is 0 Å². The normalized spacial score (nSPS) is 38.5. The highest BCUT2D eigenvalue weighted by Gasteiger charge is 2.33.